The Morgan fingerprint density at radius 3 is 2.34 bits per heavy atom. The van der Waals surface area contributed by atoms with Crippen molar-refractivity contribution in [3.63, 3.8) is 0 Å². The molecule has 1 amide bonds. The second kappa shape index (κ2) is 13.7. The van der Waals surface area contributed by atoms with Crippen LogP contribution in [0.1, 0.15) is 67.3 Å². The summed E-state index contributed by atoms with van der Waals surface area (Å²) < 4.78 is 13.3. The van der Waals surface area contributed by atoms with Gasteiger partial charge in [0.15, 0.2) is 0 Å². The Morgan fingerprint density at radius 1 is 0.943 bits per heavy atom. The molecule has 1 fully saturated rings. The molecule has 0 radical (unpaired) electrons. The molecular weight excluding hydrogens is 439 g/mol. The Bertz CT molecular complexity index is 907. The van der Waals surface area contributed by atoms with E-state index in [0.717, 1.165) is 62.6 Å². The number of carbonyl (C=O) groups excluding carboxylic acids is 1. The lowest BCUT2D eigenvalue weighted by Crippen LogP contribution is -2.33. The van der Waals surface area contributed by atoms with Crippen molar-refractivity contribution < 1.29 is 14.3 Å². The molecule has 2 aromatic rings. The van der Waals surface area contributed by atoms with E-state index in [1.165, 1.54) is 5.56 Å². The van der Waals surface area contributed by atoms with E-state index in [2.05, 4.69) is 35.2 Å². The van der Waals surface area contributed by atoms with Crippen LogP contribution in [0.25, 0.3) is 11.1 Å². The number of rotatable bonds is 12. The molecule has 1 N–H and O–H groups in total. The van der Waals surface area contributed by atoms with E-state index in [1.54, 1.807) is 4.90 Å². The highest BCUT2D eigenvalue weighted by molar-refractivity contribution is 5.95. The second-order valence-corrected chi connectivity index (χ2v) is 10.5. The number of hydrogen-bond donors (Lipinski definition) is 1. The van der Waals surface area contributed by atoms with Crippen LogP contribution in [0.15, 0.2) is 48.5 Å². The summed E-state index contributed by atoms with van der Waals surface area (Å²) in [5, 5.41) is 10.4. The zero-order chi connectivity index (χ0) is 25.2. The van der Waals surface area contributed by atoms with Crippen LogP contribution in [-0.4, -0.2) is 67.3 Å². The lowest BCUT2D eigenvalue weighted by atomic mass is 9.83. The highest BCUT2D eigenvalue weighted by Crippen LogP contribution is 2.30. The van der Waals surface area contributed by atoms with Crippen LogP contribution in [0.2, 0.25) is 0 Å². The summed E-state index contributed by atoms with van der Waals surface area (Å²) in [5.74, 6) is 0.340. The summed E-state index contributed by atoms with van der Waals surface area (Å²) in [5.41, 5.74) is 4.20. The number of alkyl halides is 1. The number of carbonyl (C=O) groups is 1. The third-order valence-electron chi connectivity index (χ3n) is 7.34. The Hall–Kier alpha value is -2.24. The van der Waals surface area contributed by atoms with Crippen LogP contribution in [0.3, 0.4) is 0 Å². The molecule has 2 aromatic carbocycles. The number of halogens is 1. The average molecular weight is 483 g/mol. The first-order valence-electron chi connectivity index (χ1n) is 13.2. The van der Waals surface area contributed by atoms with E-state index in [0.29, 0.717) is 30.9 Å². The SMILES string of the molecule is CN(C)CCN(C)C(=O)c1cccc(-c2ccc(CCCCC[C@H](O)C3CCC(F)CC3)cc2)c1. The summed E-state index contributed by atoms with van der Waals surface area (Å²) in [4.78, 5) is 16.6. The summed E-state index contributed by atoms with van der Waals surface area (Å²) in [6.45, 7) is 1.54. The molecule has 0 spiro atoms. The van der Waals surface area contributed by atoms with Crippen molar-refractivity contribution >= 4 is 5.91 Å². The maximum absolute atomic E-state index is 13.3. The average Bonchev–Trinajstić information content (AvgIpc) is 2.87. The first kappa shape index (κ1) is 27.3. The van der Waals surface area contributed by atoms with Gasteiger partial charge in [-0.15, -0.1) is 0 Å². The number of hydrogen-bond acceptors (Lipinski definition) is 3. The molecule has 5 heteroatoms. The molecule has 0 heterocycles. The number of amides is 1. The number of nitrogens with zero attached hydrogens (tertiary/aromatic N) is 2. The number of unbranched alkanes of at least 4 members (excludes halogenated alkanes) is 2. The van der Waals surface area contributed by atoms with Crippen molar-refractivity contribution in [1.82, 2.24) is 9.80 Å². The van der Waals surface area contributed by atoms with E-state index in [1.807, 2.05) is 39.3 Å². The van der Waals surface area contributed by atoms with Gasteiger partial charge in [-0.25, -0.2) is 4.39 Å². The molecule has 4 nitrogen and oxygen atoms in total. The van der Waals surface area contributed by atoms with Crippen LogP contribution >= 0.6 is 0 Å². The van der Waals surface area contributed by atoms with Gasteiger partial charge >= 0.3 is 0 Å². The van der Waals surface area contributed by atoms with Gasteiger partial charge in [0.25, 0.3) is 5.91 Å². The van der Waals surface area contributed by atoms with Crippen molar-refractivity contribution in [1.29, 1.82) is 0 Å². The molecule has 0 bridgehead atoms. The monoisotopic (exact) mass is 482 g/mol. The molecular formula is C30H43FN2O2. The topological polar surface area (TPSA) is 43.8 Å². The maximum Gasteiger partial charge on any atom is 0.253 e. The van der Waals surface area contributed by atoms with Crippen LogP contribution in [0.5, 0.6) is 0 Å². The minimum atomic E-state index is -0.656. The minimum absolute atomic E-state index is 0.0468. The third-order valence-corrected chi connectivity index (χ3v) is 7.34. The molecule has 3 rings (SSSR count). The molecule has 1 saturated carbocycles. The fraction of sp³-hybridized carbons (Fsp3) is 0.567. The van der Waals surface area contributed by atoms with Gasteiger partial charge in [0, 0.05) is 25.7 Å². The Labute approximate surface area is 211 Å². The maximum atomic E-state index is 13.3. The van der Waals surface area contributed by atoms with E-state index in [4.69, 9.17) is 0 Å². The zero-order valence-electron chi connectivity index (χ0n) is 21.8. The largest absolute Gasteiger partial charge is 0.393 e. The predicted molar refractivity (Wildman–Crippen MR) is 142 cm³/mol. The number of benzene rings is 2. The first-order chi connectivity index (χ1) is 16.8. The van der Waals surface area contributed by atoms with Gasteiger partial charge in [-0.3, -0.25) is 4.79 Å². The molecule has 35 heavy (non-hydrogen) atoms. The van der Waals surface area contributed by atoms with Gasteiger partial charge in [0.05, 0.1) is 6.10 Å². The van der Waals surface area contributed by atoms with Crippen LogP contribution < -0.4 is 0 Å². The van der Waals surface area contributed by atoms with Crippen molar-refractivity contribution in [2.75, 3.05) is 34.2 Å². The molecule has 1 aliphatic carbocycles. The summed E-state index contributed by atoms with van der Waals surface area (Å²) in [6.07, 6.45) is 7.07. The number of aryl methyl sites for hydroxylation is 1. The summed E-state index contributed by atoms with van der Waals surface area (Å²) >= 11 is 0. The van der Waals surface area contributed by atoms with Crippen LogP contribution in [-0.2, 0) is 6.42 Å². The standard InChI is InChI=1S/C30H43FN2O2/c1-32(2)20-21-33(3)30(35)27-10-7-9-26(22-27)24-14-12-23(13-15-24)8-5-4-6-11-29(34)25-16-18-28(31)19-17-25/h7,9-10,12-15,22,25,28-29,34H,4-6,8,11,16-21H2,1-3H3/t25?,28?,29-/m0/s1. The van der Waals surface area contributed by atoms with Crippen molar-refractivity contribution in [2.45, 2.75) is 70.1 Å². The van der Waals surface area contributed by atoms with Gasteiger partial charge in [0.2, 0.25) is 0 Å². The number of aliphatic hydroxyl groups excluding tert-OH is 1. The molecule has 0 aromatic heterocycles. The molecule has 0 unspecified atom stereocenters. The Kier molecular flexibility index (Phi) is 10.7. The summed E-state index contributed by atoms with van der Waals surface area (Å²) in [6, 6.07) is 16.5. The molecule has 1 atom stereocenters. The normalized spacial score (nSPS) is 19.0. The van der Waals surface area contributed by atoms with E-state index >= 15 is 0 Å². The van der Waals surface area contributed by atoms with E-state index < -0.39 is 6.17 Å². The van der Waals surface area contributed by atoms with Crippen molar-refractivity contribution in [2.24, 2.45) is 5.92 Å². The molecule has 192 valence electrons. The second-order valence-electron chi connectivity index (χ2n) is 10.5. The fourth-order valence-corrected chi connectivity index (χ4v) is 4.93. The van der Waals surface area contributed by atoms with Crippen molar-refractivity contribution in [3.05, 3.63) is 59.7 Å². The lowest BCUT2D eigenvalue weighted by molar-refractivity contribution is 0.0584. The Morgan fingerprint density at radius 2 is 1.66 bits per heavy atom. The Balaban J connectivity index is 1.43. The van der Waals surface area contributed by atoms with Gasteiger partial charge < -0.3 is 14.9 Å². The van der Waals surface area contributed by atoms with Gasteiger partial charge in [-0.05, 0) is 93.8 Å². The fourth-order valence-electron chi connectivity index (χ4n) is 4.93. The first-order valence-corrected chi connectivity index (χ1v) is 13.2. The molecule has 0 saturated heterocycles. The lowest BCUT2D eigenvalue weighted by Gasteiger charge is -2.28. The van der Waals surface area contributed by atoms with Crippen LogP contribution in [0, 0.1) is 5.92 Å². The number of likely N-dealkylation sites (N-methyl/N-ethyl adjacent to an activating group) is 2. The highest BCUT2D eigenvalue weighted by atomic mass is 19.1. The zero-order valence-corrected chi connectivity index (χ0v) is 21.8. The van der Waals surface area contributed by atoms with Crippen LogP contribution in [0.4, 0.5) is 4.39 Å². The van der Waals surface area contributed by atoms with Crippen molar-refractivity contribution in [3.8, 4) is 11.1 Å². The molecule has 0 aliphatic heterocycles. The quantitative estimate of drug-likeness (QED) is 0.379. The van der Waals surface area contributed by atoms with Gasteiger partial charge in [0.1, 0.15) is 6.17 Å². The minimum Gasteiger partial charge on any atom is -0.393 e. The molecule has 1 aliphatic rings. The van der Waals surface area contributed by atoms with E-state index in [-0.39, 0.29) is 12.0 Å². The summed E-state index contributed by atoms with van der Waals surface area (Å²) in [7, 11) is 5.87. The third kappa shape index (κ3) is 8.73. The highest BCUT2D eigenvalue weighted by Gasteiger charge is 2.25. The smallest absolute Gasteiger partial charge is 0.253 e. The van der Waals surface area contributed by atoms with Gasteiger partial charge in [-0.1, -0.05) is 49.2 Å². The van der Waals surface area contributed by atoms with E-state index in [9.17, 15) is 14.3 Å². The van der Waals surface area contributed by atoms with Gasteiger partial charge in [-0.2, -0.15) is 0 Å². The predicted octanol–water partition coefficient (Wildman–Crippen LogP) is 5.98. The number of aliphatic hydroxyl groups is 1.